The Labute approximate surface area is 861 Å². The molecular weight excluding hydrogens is 1870 g/mol. The molecule has 0 aliphatic rings. The van der Waals surface area contributed by atoms with Crippen LogP contribution < -0.4 is 38.5 Å². The van der Waals surface area contributed by atoms with Gasteiger partial charge >= 0.3 is 35.2 Å². The van der Waals surface area contributed by atoms with Gasteiger partial charge in [0.25, 0.3) is 0 Å². The van der Waals surface area contributed by atoms with Gasteiger partial charge in [-0.3, -0.25) is 19.2 Å². The van der Waals surface area contributed by atoms with Crippen LogP contribution in [0, 0.1) is 0 Å². The van der Waals surface area contributed by atoms with Crippen LogP contribution in [0.4, 0.5) is 0 Å². The molecule has 0 heterocycles. The maximum atomic E-state index is 13.2. The van der Waals surface area contributed by atoms with E-state index in [0.717, 1.165) is 20.7 Å². The summed E-state index contributed by atoms with van der Waals surface area (Å²) in [5.74, 6) is 2.24. The van der Waals surface area contributed by atoms with Crippen LogP contribution in [-0.2, 0) is 34.2 Å². The van der Waals surface area contributed by atoms with Crippen LogP contribution in [0.5, 0.6) is 23.0 Å². The average molecular weight is 2060 g/mol. The zero-order chi connectivity index (χ0) is 90.1. The number of hydrogen-bond donors (Lipinski definition) is 0. The number of para-hydroxylation sites is 4. The van der Waals surface area contributed by atoms with E-state index in [2.05, 4.69) is 101 Å². The van der Waals surface area contributed by atoms with Gasteiger partial charge in [0.05, 0.1) is 0 Å². The van der Waals surface area contributed by atoms with Crippen LogP contribution in [0.1, 0.15) is 216 Å². The van der Waals surface area contributed by atoms with Gasteiger partial charge in [0.2, 0.25) is 33.3 Å². The molecule has 776 valence electrons. The third kappa shape index (κ3) is 43.4. The van der Waals surface area contributed by atoms with Crippen LogP contribution in [0.2, 0.25) is 78.6 Å². The molecule has 12 aromatic rings. The minimum atomic E-state index is -3.30. The van der Waals surface area contributed by atoms with Gasteiger partial charge in [-0.05, 0) is 177 Å². The predicted octanol–water partition coefficient (Wildman–Crippen LogP) is 31.9. The van der Waals surface area contributed by atoms with Crippen LogP contribution >= 0.6 is 0 Å². The second-order valence-electron chi connectivity index (χ2n) is 34.3. The molecule has 12 rings (SSSR count). The molecule has 0 saturated heterocycles. The molecule has 24 heteroatoms. The average Bonchev–Trinajstić information content (AvgIpc) is 0.796. The molecule has 0 radical (unpaired) electrons. The number of hydrogen-bond acceptors (Lipinski definition) is 16. The Morgan fingerprint density at radius 2 is 0.279 bits per heavy atom. The summed E-state index contributed by atoms with van der Waals surface area (Å²) in [5.41, 5.74) is -2.05. The molecule has 0 aromatic heterocycles. The zero-order valence-corrected chi connectivity index (χ0v) is 83.2. The normalized spacial score (nSPS) is 12.4. The monoisotopic (exact) mass is 2060 g/mol. The highest BCUT2D eigenvalue weighted by atomic mass is 28.5. The second-order valence-corrected chi connectivity index (χ2v) is 60.4. The Kier molecular flexibility index (Phi) is 66.2. The molecule has 0 bridgehead atoms. The fraction of sp³-hybridized carbons (Fsp3) is 0.345. The van der Waals surface area contributed by atoms with Gasteiger partial charge in [0, 0.05) is 48.4 Å². The van der Waals surface area contributed by atoms with Gasteiger partial charge < -0.3 is 51.9 Å². The van der Waals surface area contributed by atoms with Gasteiger partial charge in [-0.2, -0.15) is 0 Å². The molecule has 0 aliphatic heterocycles. The van der Waals surface area contributed by atoms with E-state index in [1.165, 1.54) is 0 Å². The van der Waals surface area contributed by atoms with Crippen LogP contribution in [0.25, 0.3) is 0 Å². The van der Waals surface area contributed by atoms with Crippen molar-refractivity contribution in [1.82, 2.24) is 0 Å². The highest BCUT2D eigenvalue weighted by Crippen LogP contribution is 2.35. The molecule has 140 heavy (non-hydrogen) atoms. The van der Waals surface area contributed by atoms with E-state index in [4.69, 9.17) is 51.9 Å². The summed E-state index contributed by atoms with van der Waals surface area (Å²) >= 11 is 0. The molecule has 0 N–H and O–H groups in total. The fourth-order valence-electron chi connectivity index (χ4n) is 14.3. The Bertz CT molecular complexity index is 4640. The minimum absolute atomic E-state index is 0. The van der Waals surface area contributed by atoms with Gasteiger partial charge in [0.15, 0.2) is 23.1 Å². The molecule has 0 spiro atoms. The maximum Gasteiger partial charge on any atom is 0.553 e. The van der Waals surface area contributed by atoms with Crippen molar-refractivity contribution in [1.29, 1.82) is 0 Å². The van der Waals surface area contributed by atoms with Crippen molar-refractivity contribution in [3.05, 3.63) is 386 Å². The lowest BCUT2D eigenvalue weighted by Crippen LogP contribution is -2.61. The molecule has 0 amide bonds. The summed E-state index contributed by atoms with van der Waals surface area (Å²) in [5, 5.41) is 4.56. The van der Waals surface area contributed by atoms with E-state index >= 15 is 0 Å². The first-order valence-electron chi connectivity index (χ1n) is 41.6. The molecule has 4 unspecified atom stereocenters. The highest BCUT2D eigenvalue weighted by molar-refractivity contribution is 6.92. The molecule has 16 nitrogen and oxygen atoms in total. The number of Topliss-reactive ketones (excluding diaryl/α,β-unsaturated/α-hetero) is 4. The lowest BCUT2D eigenvalue weighted by molar-refractivity contribution is 0.0322. The summed E-state index contributed by atoms with van der Waals surface area (Å²) < 4.78 is 78.2. The van der Waals surface area contributed by atoms with Crippen molar-refractivity contribution in [3.63, 3.8) is 0 Å². The van der Waals surface area contributed by atoms with Gasteiger partial charge in [0.1, 0.15) is 45.4 Å². The Morgan fingerprint density at radius 1 is 0.171 bits per heavy atom. The van der Waals surface area contributed by atoms with E-state index < -0.39 is 90.9 Å². The topological polar surface area (TPSA) is 179 Å². The largest absolute Gasteiger partial charge is 0.553 e. The minimum Gasteiger partial charge on any atom is -0.501 e. The number of carbonyl (C=O) groups excluding carboxylic acids is 4. The standard InChI is InChI=1S/4C25H30O4Si2.16CH4/c4*1-25(2,24(26)21-15-9-6-10-16-21)28-31(5,27-22-17-11-7-12-18-22)29-30(3,4)23-19-13-8-14-20-23;;;;;;;;;;;;;;;;/h4*6-20H,1-5H3;16*1H4. The SMILES string of the molecule is C.C.C.C.C.C.C.C.C.C.C.C.C.C.C.C.CC(C)(O[Si](C)(Oc1ccccc1)O[Si](C)(C)c1ccccc1)C(=O)c1ccccc1.CC(C)(O[Si](C)(Oc1ccccc1)O[Si](C)(C)c1ccccc1)C(=O)c1ccccc1.CC(C)(O[Si](C)(Oc1ccccc1)O[Si](C)(C)c1ccccc1)C(=O)c1ccccc1.CC(C)(O[Si](C)(Oc1ccccc1)O[Si](C)(C)c1ccccc1)C(=O)c1ccccc1. The lowest BCUT2D eigenvalue weighted by atomic mass is 9.97. The first-order chi connectivity index (χ1) is 58.5. The number of benzene rings is 12. The molecule has 4 atom stereocenters. The van der Waals surface area contributed by atoms with Crippen molar-refractivity contribution in [2.24, 2.45) is 0 Å². The summed E-state index contributed by atoms with van der Waals surface area (Å²) in [6.45, 7) is 38.7. The first kappa shape index (κ1) is 145. The van der Waals surface area contributed by atoms with Crippen molar-refractivity contribution in [2.75, 3.05) is 0 Å². The first-order valence-corrected chi connectivity index (χ1v) is 62.2. The molecule has 0 saturated carbocycles. The van der Waals surface area contributed by atoms with Crippen molar-refractivity contribution < 1.29 is 71.0 Å². The summed E-state index contributed by atoms with van der Waals surface area (Å²) in [6, 6.07) is 115. The molecule has 0 fully saturated rings. The predicted molar refractivity (Wildman–Crippen MR) is 625 cm³/mol. The van der Waals surface area contributed by atoms with Crippen LogP contribution in [-0.4, -0.2) is 114 Å². The van der Waals surface area contributed by atoms with Crippen molar-refractivity contribution in [3.8, 4) is 23.0 Å². The number of carbonyl (C=O) groups is 4. The van der Waals surface area contributed by atoms with E-state index in [9.17, 15) is 19.2 Å². The fourth-order valence-corrected chi connectivity index (χ4v) is 42.8. The van der Waals surface area contributed by atoms with Gasteiger partial charge in [-0.15, -0.1) is 0 Å². The third-order valence-corrected chi connectivity index (χ3v) is 46.9. The van der Waals surface area contributed by atoms with E-state index in [0.29, 0.717) is 45.3 Å². The highest BCUT2D eigenvalue weighted by Gasteiger charge is 2.55. The van der Waals surface area contributed by atoms with Crippen LogP contribution in [0.3, 0.4) is 0 Å². The Morgan fingerprint density at radius 3 is 0.400 bits per heavy atom. The van der Waals surface area contributed by atoms with E-state index in [1.54, 1.807) is 104 Å². The van der Waals surface area contributed by atoms with Gasteiger partial charge in [-0.1, -0.05) is 434 Å². The maximum absolute atomic E-state index is 13.2. The smallest absolute Gasteiger partial charge is 0.501 e. The lowest BCUT2D eigenvalue weighted by Gasteiger charge is -2.39. The summed E-state index contributed by atoms with van der Waals surface area (Å²) in [7, 11) is -22.7. The Hall–Kier alpha value is -10.1. The quantitative estimate of drug-likeness (QED) is 0.0267. The third-order valence-electron chi connectivity index (χ3n) is 19.9. The van der Waals surface area contributed by atoms with E-state index in [1.807, 2.05) is 293 Å². The van der Waals surface area contributed by atoms with Crippen LogP contribution in [0.15, 0.2) is 364 Å². The molecular formula is C116H184O16Si8. The summed E-state index contributed by atoms with van der Waals surface area (Å²) in [6.07, 6.45) is 0. The van der Waals surface area contributed by atoms with E-state index in [-0.39, 0.29) is 142 Å². The number of ketones is 4. The number of rotatable bonds is 36. The van der Waals surface area contributed by atoms with Crippen molar-refractivity contribution >= 4 is 112 Å². The second kappa shape index (κ2) is 63.8. The summed E-state index contributed by atoms with van der Waals surface area (Å²) in [4.78, 5) is 52.9. The van der Waals surface area contributed by atoms with Gasteiger partial charge in [-0.25, -0.2) is 0 Å². The molecule has 0 aliphatic carbocycles. The van der Waals surface area contributed by atoms with Crippen molar-refractivity contribution in [2.45, 2.75) is 275 Å². The zero-order valence-electron chi connectivity index (χ0n) is 75.2. The molecule has 12 aromatic carbocycles. The Balaban J connectivity index is -0.000000266.